The lowest BCUT2D eigenvalue weighted by molar-refractivity contribution is -0.116. The lowest BCUT2D eigenvalue weighted by atomic mass is 10.1. The van der Waals surface area contributed by atoms with E-state index in [0.717, 1.165) is 26.1 Å². The van der Waals surface area contributed by atoms with Crippen LogP contribution in [0.5, 0.6) is 0 Å². The standard InChI is InChI=1S/C25H31ClN4O4S/c26-20-8-5-18(6-9-20)16-35(33,34)17-23-25(32)29-22-15-19(7-10-21(22)28-23)24(31)27-11-4-14-30-12-2-1-3-13-30/h5-10,15,23,28H,1-4,11-14,16-17H2,(H,27,31)(H,29,32)/t23-/m1/s1. The first kappa shape index (κ1) is 25.5. The maximum atomic E-state index is 12.7. The number of hydrogen-bond donors (Lipinski definition) is 3. The lowest BCUT2D eigenvalue weighted by Gasteiger charge is -2.27. The molecule has 2 aromatic rings. The van der Waals surface area contributed by atoms with Crippen molar-refractivity contribution in [2.45, 2.75) is 37.5 Å². The summed E-state index contributed by atoms with van der Waals surface area (Å²) < 4.78 is 25.3. The number of likely N-dealkylation sites (tertiary alicyclic amines) is 1. The minimum atomic E-state index is -3.56. The molecule has 0 aliphatic carbocycles. The average Bonchev–Trinajstić information content (AvgIpc) is 2.83. The molecule has 188 valence electrons. The third-order valence-corrected chi connectivity index (χ3v) is 8.16. The third kappa shape index (κ3) is 7.19. The summed E-state index contributed by atoms with van der Waals surface area (Å²) in [5.74, 6) is -1.18. The van der Waals surface area contributed by atoms with Gasteiger partial charge in [0, 0.05) is 17.1 Å². The Kier molecular flexibility index (Phi) is 8.30. The van der Waals surface area contributed by atoms with Gasteiger partial charge in [0.15, 0.2) is 9.84 Å². The largest absolute Gasteiger partial charge is 0.371 e. The molecule has 8 nitrogen and oxygen atoms in total. The Balaban J connectivity index is 1.30. The number of amides is 2. The van der Waals surface area contributed by atoms with Gasteiger partial charge in [-0.25, -0.2) is 8.42 Å². The number of nitrogens with zero attached hydrogens (tertiary/aromatic N) is 1. The number of fused-ring (bicyclic) bond motifs is 1. The molecule has 2 amide bonds. The van der Waals surface area contributed by atoms with Crippen LogP contribution >= 0.6 is 11.6 Å². The summed E-state index contributed by atoms with van der Waals surface area (Å²) in [4.78, 5) is 27.6. The van der Waals surface area contributed by atoms with Crippen molar-refractivity contribution in [3.8, 4) is 0 Å². The minimum Gasteiger partial charge on any atom is -0.371 e. The summed E-state index contributed by atoms with van der Waals surface area (Å²) in [6, 6.07) is 10.6. The van der Waals surface area contributed by atoms with Gasteiger partial charge in [-0.3, -0.25) is 9.59 Å². The van der Waals surface area contributed by atoms with Gasteiger partial charge >= 0.3 is 0 Å². The fourth-order valence-electron chi connectivity index (χ4n) is 4.44. The summed E-state index contributed by atoms with van der Waals surface area (Å²) in [6.45, 7) is 3.83. The van der Waals surface area contributed by atoms with Gasteiger partial charge in [0.05, 0.1) is 22.9 Å². The molecule has 35 heavy (non-hydrogen) atoms. The first-order valence-electron chi connectivity index (χ1n) is 12.0. The quantitative estimate of drug-likeness (QED) is 0.440. The first-order valence-corrected chi connectivity index (χ1v) is 14.2. The number of benzene rings is 2. The van der Waals surface area contributed by atoms with Gasteiger partial charge in [-0.2, -0.15) is 0 Å². The molecule has 0 saturated carbocycles. The van der Waals surface area contributed by atoms with Crippen molar-refractivity contribution in [3.63, 3.8) is 0 Å². The summed E-state index contributed by atoms with van der Waals surface area (Å²) in [5, 5.41) is 9.21. The lowest BCUT2D eigenvalue weighted by Crippen LogP contribution is -2.43. The van der Waals surface area contributed by atoms with Crippen LogP contribution in [-0.2, 0) is 20.4 Å². The van der Waals surface area contributed by atoms with E-state index in [1.165, 1.54) is 19.3 Å². The molecule has 0 bridgehead atoms. The molecule has 1 saturated heterocycles. The zero-order valence-electron chi connectivity index (χ0n) is 19.6. The second-order valence-corrected chi connectivity index (χ2v) is 11.7. The van der Waals surface area contributed by atoms with Gasteiger partial charge in [0.2, 0.25) is 5.91 Å². The van der Waals surface area contributed by atoms with Crippen LogP contribution < -0.4 is 16.0 Å². The topological polar surface area (TPSA) is 108 Å². The van der Waals surface area contributed by atoms with Crippen molar-refractivity contribution in [2.24, 2.45) is 0 Å². The molecule has 2 aliphatic heterocycles. The van der Waals surface area contributed by atoms with Gasteiger partial charge in [-0.15, -0.1) is 0 Å². The van der Waals surface area contributed by atoms with E-state index in [2.05, 4.69) is 20.9 Å². The van der Waals surface area contributed by atoms with E-state index in [9.17, 15) is 18.0 Å². The van der Waals surface area contributed by atoms with Crippen molar-refractivity contribution in [3.05, 3.63) is 58.6 Å². The van der Waals surface area contributed by atoms with Crippen molar-refractivity contribution in [2.75, 3.05) is 42.6 Å². The second-order valence-electron chi connectivity index (χ2n) is 9.14. The maximum absolute atomic E-state index is 12.7. The Hall–Kier alpha value is -2.62. The smallest absolute Gasteiger partial charge is 0.251 e. The average molecular weight is 519 g/mol. The zero-order valence-corrected chi connectivity index (χ0v) is 21.1. The first-order chi connectivity index (χ1) is 16.8. The normalized spacial score (nSPS) is 18.3. The van der Waals surface area contributed by atoms with Crippen molar-refractivity contribution in [1.29, 1.82) is 0 Å². The maximum Gasteiger partial charge on any atom is 0.251 e. The Morgan fingerprint density at radius 2 is 1.80 bits per heavy atom. The molecule has 0 aromatic heterocycles. The van der Waals surface area contributed by atoms with Crippen LogP contribution in [0.1, 0.15) is 41.6 Å². The number of piperidine rings is 1. The SMILES string of the molecule is O=C(NCCCN1CCCCC1)c1ccc2c(c1)NC(=O)[C@@H](CS(=O)(=O)Cc1ccc(Cl)cc1)N2. The molecule has 2 heterocycles. The van der Waals surface area contributed by atoms with E-state index in [-0.39, 0.29) is 17.4 Å². The van der Waals surface area contributed by atoms with Crippen molar-refractivity contribution in [1.82, 2.24) is 10.2 Å². The number of nitrogens with one attached hydrogen (secondary N) is 3. The van der Waals surface area contributed by atoms with Crippen LogP contribution in [0.2, 0.25) is 5.02 Å². The predicted octanol–water partition coefficient (Wildman–Crippen LogP) is 3.29. The third-order valence-electron chi connectivity index (χ3n) is 6.29. The summed E-state index contributed by atoms with van der Waals surface area (Å²) in [6.07, 6.45) is 4.69. The van der Waals surface area contributed by atoms with Crippen LogP contribution in [0.25, 0.3) is 0 Å². The Labute approximate surface area is 211 Å². The molecular formula is C25H31ClN4O4S. The number of hydrogen-bond acceptors (Lipinski definition) is 6. The minimum absolute atomic E-state index is 0.181. The molecule has 0 spiro atoms. The molecule has 1 fully saturated rings. The number of carbonyl (C=O) groups excluding carboxylic acids is 2. The van der Waals surface area contributed by atoms with Crippen molar-refractivity contribution >= 4 is 44.6 Å². The predicted molar refractivity (Wildman–Crippen MR) is 139 cm³/mol. The highest BCUT2D eigenvalue weighted by atomic mass is 35.5. The van der Waals surface area contributed by atoms with Gasteiger partial charge in [0.1, 0.15) is 6.04 Å². The van der Waals surface area contributed by atoms with Gasteiger partial charge in [-0.05, 0) is 74.8 Å². The number of halogens is 1. The highest BCUT2D eigenvalue weighted by Crippen LogP contribution is 2.28. The van der Waals surface area contributed by atoms with Gasteiger partial charge in [0.25, 0.3) is 5.91 Å². The Morgan fingerprint density at radius 1 is 1.06 bits per heavy atom. The van der Waals surface area contributed by atoms with Crippen LogP contribution in [0, 0.1) is 0 Å². The van der Waals surface area contributed by atoms with Crippen molar-refractivity contribution < 1.29 is 18.0 Å². The number of anilines is 2. The highest BCUT2D eigenvalue weighted by molar-refractivity contribution is 7.90. The molecule has 0 unspecified atom stereocenters. The van der Waals surface area contributed by atoms with E-state index < -0.39 is 21.8 Å². The number of rotatable bonds is 9. The van der Waals surface area contributed by atoms with E-state index in [1.54, 1.807) is 42.5 Å². The molecule has 2 aliphatic rings. The van der Waals surface area contributed by atoms with Crippen LogP contribution in [0.4, 0.5) is 11.4 Å². The second kappa shape index (κ2) is 11.4. The Morgan fingerprint density at radius 3 is 2.54 bits per heavy atom. The van der Waals surface area contributed by atoms with Gasteiger partial charge < -0.3 is 20.9 Å². The summed E-state index contributed by atoms with van der Waals surface area (Å²) >= 11 is 5.86. The number of carbonyl (C=O) groups is 2. The molecule has 0 radical (unpaired) electrons. The summed E-state index contributed by atoms with van der Waals surface area (Å²) in [5.41, 5.74) is 2.09. The zero-order chi connectivity index (χ0) is 24.8. The molecule has 1 atom stereocenters. The highest BCUT2D eigenvalue weighted by Gasteiger charge is 2.30. The van der Waals surface area contributed by atoms with Crippen LogP contribution in [0.15, 0.2) is 42.5 Å². The van der Waals surface area contributed by atoms with E-state index >= 15 is 0 Å². The molecule has 3 N–H and O–H groups in total. The fraction of sp³-hybridized carbons (Fsp3) is 0.440. The van der Waals surface area contributed by atoms with E-state index in [0.29, 0.717) is 34.1 Å². The molecule has 4 rings (SSSR count). The fourth-order valence-corrected chi connectivity index (χ4v) is 6.13. The van der Waals surface area contributed by atoms with E-state index in [4.69, 9.17) is 11.6 Å². The monoisotopic (exact) mass is 518 g/mol. The van der Waals surface area contributed by atoms with Gasteiger partial charge in [-0.1, -0.05) is 30.2 Å². The molecular weight excluding hydrogens is 488 g/mol. The van der Waals surface area contributed by atoms with Crippen LogP contribution in [-0.4, -0.2) is 63.1 Å². The molecule has 10 heteroatoms. The summed E-state index contributed by atoms with van der Waals surface area (Å²) in [7, 11) is -3.56. The van der Waals surface area contributed by atoms with E-state index in [1.807, 2.05) is 0 Å². The van der Waals surface area contributed by atoms with Crippen LogP contribution in [0.3, 0.4) is 0 Å². The Bertz CT molecular complexity index is 1160. The molecule has 2 aromatic carbocycles. The number of sulfone groups is 1.